The summed E-state index contributed by atoms with van der Waals surface area (Å²) in [5.41, 5.74) is 1.12. The van der Waals surface area contributed by atoms with Gasteiger partial charge in [0.15, 0.2) is 0 Å². The Bertz CT molecular complexity index is 125. The van der Waals surface area contributed by atoms with E-state index in [1.54, 1.807) is 0 Å². The Morgan fingerprint density at radius 3 is 3.00 bits per heavy atom. The van der Waals surface area contributed by atoms with E-state index in [0.717, 1.165) is 12.8 Å². The standard InChI is InChI=1S/C3H6B2N2/c4-5-3-1-2-6-7-3/h1-2,5H,4H2,(H,6,7). The maximum absolute atomic E-state index is 3.91. The summed E-state index contributed by atoms with van der Waals surface area (Å²) in [6, 6.07) is 1.97. The third-order valence-electron chi connectivity index (χ3n) is 0.921. The fraction of sp³-hybridized carbons (Fsp3) is 0. The number of aromatic nitrogens is 2. The van der Waals surface area contributed by atoms with Gasteiger partial charge < -0.3 is 0 Å². The Balaban J connectivity index is 2.76. The minimum atomic E-state index is 1.02. The number of H-pyrrole nitrogens is 1. The molecule has 0 saturated heterocycles. The van der Waals surface area contributed by atoms with Gasteiger partial charge in [0, 0.05) is 11.8 Å². The molecule has 0 amide bonds. The minimum absolute atomic E-state index is 1.02. The van der Waals surface area contributed by atoms with Crippen molar-refractivity contribution in [2.45, 2.75) is 0 Å². The summed E-state index contributed by atoms with van der Waals surface area (Å²) >= 11 is 0. The average Bonchev–Trinajstić information content (AvgIpc) is 2.14. The third-order valence-corrected chi connectivity index (χ3v) is 0.921. The van der Waals surface area contributed by atoms with Crippen LogP contribution in [0.15, 0.2) is 12.3 Å². The normalized spacial score (nSPS) is 8.57. The molecular formula is C3H6B2N2. The molecule has 1 heterocycles. The van der Waals surface area contributed by atoms with Crippen LogP contribution in [0.1, 0.15) is 0 Å². The lowest BCUT2D eigenvalue weighted by Gasteiger charge is -1.74. The molecule has 1 aromatic rings. The first kappa shape index (κ1) is 4.50. The molecule has 0 atom stereocenters. The second-order valence-corrected chi connectivity index (χ2v) is 1.42. The van der Waals surface area contributed by atoms with Gasteiger partial charge in [-0.1, -0.05) is 0 Å². The van der Waals surface area contributed by atoms with Gasteiger partial charge in [-0.25, -0.2) is 0 Å². The van der Waals surface area contributed by atoms with Gasteiger partial charge in [0.05, 0.1) is 7.74 Å². The van der Waals surface area contributed by atoms with Crippen molar-refractivity contribution in [1.82, 2.24) is 10.2 Å². The highest BCUT2D eigenvalue weighted by molar-refractivity contribution is 6.97. The fourth-order valence-electron chi connectivity index (χ4n) is 0.488. The van der Waals surface area contributed by atoms with E-state index in [0.29, 0.717) is 0 Å². The van der Waals surface area contributed by atoms with Crippen molar-refractivity contribution in [3.63, 3.8) is 0 Å². The Labute approximate surface area is 44.0 Å². The SMILES string of the molecule is BBc1cc[nH]n1. The van der Waals surface area contributed by atoms with Crippen molar-refractivity contribution < 1.29 is 0 Å². The largest absolute Gasteiger partial charge is 0.286 e. The van der Waals surface area contributed by atoms with E-state index >= 15 is 0 Å². The molecule has 34 valence electrons. The van der Waals surface area contributed by atoms with E-state index in [2.05, 4.69) is 17.9 Å². The van der Waals surface area contributed by atoms with Crippen LogP contribution < -0.4 is 5.59 Å². The molecule has 0 aliphatic heterocycles. The van der Waals surface area contributed by atoms with Crippen LogP contribution in [0, 0.1) is 0 Å². The van der Waals surface area contributed by atoms with E-state index in [1.165, 1.54) is 0 Å². The summed E-state index contributed by atoms with van der Waals surface area (Å²) in [7, 11) is 3.10. The van der Waals surface area contributed by atoms with Crippen LogP contribution in [0.4, 0.5) is 0 Å². The fourth-order valence-corrected chi connectivity index (χ4v) is 0.488. The van der Waals surface area contributed by atoms with Gasteiger partial charge in [-0.3, -0.25) is 5.10 Å². The lowest BCUT2D eigenvalue weighted by atomic mass is 9.54. The van der Waals surface area contributed by atoms with Crippen molar-refractivity contribution in [2.75, 3.05) is 0 Å². The zero-order valence-electron chi connectivity index (χ0n) is 4.31. The maximum atomic E-state index is 3.91. The molecule has 0 fully saturated rings. The van der Waals surface area contributed by atoms with Crippen LogP contribution in [0.2, 0.25) is 0 Å². The first-order valence-corrected chi connectivity index (χ1v) is 2.42. The summed E-state index contributed by atoms with van der Waals surface area (Å²) in [6.45, 7) is 0. The van der Waals surface area contributed by atoms with Crippen molar-refractivity contribution >= 4 is 20.5 Å². The van der Waals surface area contributed by atoms with Crippen molar-refractivity contribution in [1.29, 1.82) is 0 Å². The van der Waals surface area contributed by atoms with Crippen LogP contribution in [-0.2, 0) is 0 Å². The van der Waals surface area contributed by atoms with Crippen LogP contribution in [-0.4, -0.2) is 25.1 Å². The highest BCUT2D eigenvalue weighted by Crippen LogP contribution is 1.63. The average molecular weight is 91.7 g/mol. The number of hydrogen-bond acceptors (Lipinski definition) is 1. The number of nitrogens with zero attached hydrogens (tertiary/aromatic N) is 1. The topological polar surface area (TPSA) is 28.7 Å². The lowest BCUT2D eigenvalue weighted by Crippen LogP contribution is -2.14. The first-order valence-electron chi connectivity index (χ1n) is 2.42. The molecule has 0 radical (unpaired) electrons. The van der Waals surface area contributed by atoms with Gasteiger partial charge in [0.2, 0.25) is 0 Å². The Kier molecular flexibility index (Phi) is 1.20. The van der Waals surface area contributed by atoms with Crippen molar-refractivity contribution in [2.24, 2.45) is 0 Å². The summed E-state index contributed by atoms with van der Waals surface area (Å²) in [4.78, 5) is 0. The van der Waals surface area contributed by atoms with Crippen LogP contribution in [0.5, 0.6) is 0 Å². The monoisotopic (exact) mass is 92.1 g/mol. The van der Waals surface area contributed by atoms with Gasteiger partial charge in [0.1, 0.15) is 7.17 Å². The quantitative estimate of drug-likeness (QED) is 0.399. The molecule has 4 heteroatoms. The summed E-state index contributed by atoms with van der Waals surface area (Å²) in [6.07, 6.45) is 1.83. The summed E-state index contributed by atoms with van der Waals surface area (Å²) in [5.74, 6) is 0. The van der Waals surface area contributed by atoms with Gasteiger partial charge in [-0.2, -0.15) is 5.10 Å². The zero-order valence-corrected chi connectivity index (χ0v) is 4.31. The maximum Gasteiger partial charge on any atom is 0.145 e. The first-order chi connectivity index (χ1) is 3.43. The molecule has 0 saturated carbocycles. The Hall–Kier alpha value is -0.660. The summed E-state index contributed by atoms with van der Waals surface area (Å²) < 4.78 is 0. The molecule has 1 aromatic heterocycles. The van der Waals surface area contributed by atoms with Gasteiger partial charge >= 0.3 is 0 Å². The Morgan fingerprint density at radius 1 is 1.86 bits per heavy atom. The van der Waals surface area contributed by atoms with Gasteiger partial charge in [0.25, 0.3) is 0 Å². The predicted molar refractivity (Wildman–Crippen MR) is 33.9 cm³/mol. The van der Waals surface area contributed by atoms with E-state index in [4.69, 9.17) is 0 Å². The number of hydrogen-bond donors (Lipinski definition) is 1. The molecule has 0 aromatic carbocycles. The number of aromatic amines is 1. The lowest BCUT2D eigenvalue weighted by molar-refractivity contribution is 1.11. The zero-order chi connectivity index (χ0) is 5.11. The smallest absolute Gasteiger partial charge is 0.145 e. The molecule has 1 N–H and O–H groups in total. The van der Waals surface area contributed by atoms with Gasteiger partial charge in [-0.05, 0) is 6.07 Å². The number of rotatable bonds is 1. The van der Waals surface area contributed by atoms with E-state index in [9.17, 15) is 0 Å². The summed E-state index contributed by atoms with van der Waals surface area (Å²) in [5, 5.41) is 6.64. The van der Waals surface area contributed by atoms with Crippen molar-refractivity contribution in [3.05, 3.63) is 12.3 Å². The molecule has 0 aliphatic rings. The highest BCUT2D eigenvalue weighted by Gasteiger charge is 1.85. The third kappa shape index (κ3) is 0.856. The van der Waals surface area contributed by atoms with Crippen LogP contribution in [0.3, 0.4) is 0 Å². The molecule has 7 heavy (non-hydrogen) atoms. The number of nitrogens with one attached hydrogen (secondary N) is 1. The molecule has 0 aliphatic carbocycles. The molecule has 1 rings (SSSR count). The molecule has 0 bridgehead atoms. The van der Waals surface area contributed by atoms with E-state index in [1.807, 2.05) is 12.3 Å². The predicted octanol–water partition coefficient (Wildman–Crippen LogP) is -1.98. The van der Waals surface area contributed by atoms with Crippen LogP contribution in [0.25, 0.3) is 0 Å². The molecule has 0 spiro atoms. The van der Waals surface area contributed by atoms with Crippen molar-refractivity contribution in [3.8, 4) is 0 Å². The Morgan fingerprint density at radius 2 is 2.71 bits per heavy atom. The van der Waals surface area contributed by atoms with E-state index < -0.39 is 0 Å². The second-order valence-electron chi connectivity index (χ2n) is 1.42. The van der Waals surface area contributed by atoms with Crippen LogP contribution >= 0.6 is 0 Å². The van der Waals surface area contributed by atoms with E-state index in [-0.39, 0.29) is 0 Å². The molecule has 0 unspecified atom stereocenters. The van der Waals surface area contributed by atoms with Gasteiger partial charge in [-0.15, -0.1) is 0 Å². The molecule has 2 nitrogen and oxygen atoms in total. The minimum Gasteiger partial charge on any atom is -0.286 e. The second kappa shape index (κ2) is 1.87. The highest BCUT2D eigenvalue weighted by atomic mass is 15.1. The molecular weight excluding hydrogens is 85.7 g/mol.